The predicted molar refractivity (Wildman–Crippen MR) is 125 cm³/mol. The summed E-state index contributed by atoms with van der Waals surface area (Å²) in [6, 6.07) is 10.1. The topological polar surface area (TPSA) is 136 Å². The average Bonchev–Trinajstić information content (AvgIpc) is 3.34. The summed E-state index contributed by atoms with van der Waals surface area (Å²) in [6.07, 6.45) is 3.02. The van der Waals surface area contributed by atoms with Crippen molar-refractivity contribution in [2.45, 2.75) is 0 Å². The van der Waals surface area contributed by atoms with Crippen LogP contribution in [0.4, 0.5) is 0 Å². The molecule has 11 nitrogen and oxygen atoms in total. The van der Waals surface area contributed by atoms with Crippen LogP contribution in [0.2, 0.25) is 0 Å². The van der Waals surface area contributed by atoms with Crippen molar-refractivity contribution in [1.29, 1.82) is 0 Å². The van der Waals surface area contributed by atoms with Gasteiger partial charge in [0.1, 0.15) is 0 Å². The van der Waals surface area contributed by atoms with Crippen molar-refractivity contribution in [2.75, 3.05) is 35.0 Å². The summed E-state index contributed by atoms with van der Waals surface area (Å²) in [5.74, 6) is 1.14. The summed E-state index contributed by atoms with van der Waals surface area (Å²) in [6.45, 7) is -0.265. The molecule has 0 unspecified atom stereocenters. The lowest BCUT2D eigenvalue weighted by Gasteiger charge is -2.09. The number of methoxy groups -OCH3 is 4. The van der Waals surface area contributed by atoms with E-state index < -0.39 is 11.8 Å². The van der Waals surface area contributed by atoms with Crippen LogP contribution in [0.25, 0.3) is 11.3 Å². The van der Waals surface area contributed by atoms with Crippen LogP contribution in [0, 0.1) is 0 Å². The van der Waals surface area contributed by atoms with Gasteiger partial charge < -0.3 is 24.3 Å². The normalized spacial score (nSPS) is 10.6. The minimum Gasteiger partial charge on any atom is -0.493 e. The third-order valence-electron chi connectivity index (χ3n) is 4.79. The summed E-state index contributed by atoms with van der Waals surface area (Å²) < 4.78 is 20.9. The number of carbonyl (C=O) groups excluding carboxylic acids is 2. The lowest BCUT2D eigenvalue weighted by Crippen LogP contribution is -2.34. The Morgan fingerprint density at radius 3 is 2.26 bits per heavy atom. The maximum Gasteiger partial charge on any atom is 0.259 e. The number of nitrogens with zero attached hydrogens (tertiary/aromatic N) is 2. The number of ether oxygens (including phenoxy) is 4. The van der Waals surface area contributed by atoms with E-state index in [1.807, 2.05) is 6.07 Å². The third-order valence-corrected chi connectivity index (χ3v) is 4.79. The maximum absolute atomic E-state index is 12.3. The van der Waals surface area contributed by atoms with Crippen LogP contribution in [0.15, 0.2) is 47.7 Å². The highest BCUT2D eigenvalue weighted by molar-refractivity contribution is 5.97. The molecule has 178 valence electrons. The standard InChI is InChI=1S/C23H25N5O6/c1-31-17-7-5-14(9-19(17)33-3)22-16(12-26-28-22)11-25-27-21(29)13-24-23(30)15-6-8-18(32-2)20(10-15)34-4/h5-12H,13H2,1-4H3,(H,24,30)(H,26,28)(H,27,29). The monoisotopic (exact) mass is 467 g/mol. The van der Waals surface area contributed by atoms with Gasteiger partial charge in [0.15, 0.2) is 23.0 Å². The summed E-state index contributed by atoms with van der Waals surface area (Å²) in [4.78, 5) is 24.4. The molecule has 0 radical (unpaired) electrons. The average molecular weight is 467 g/mol. The zero-order chi connectivity index (χ0) is 24.5. The molecule has 1 heterocycles. The van der Waals surface area contributed by atoms with Gasteiger partial charge in [-0.1, -0.05) is 0 Å². The van der Waals surface area contributed by atoms with Gasteiger partial charge in [-0.2, -0.15) is 10.2 Å². The van der Waals surface area contributed by atoms with Crippen LogP contribution in [-0.2, 0) is 4.79 Å². The van der Waals surface area contributed by atoms with Gasteiger partial charge in [-0.25, -0.2) is 5.43 Å². The molecule has 2 amide bonds. The molecular weight excluding hydrogens is 442 g/mol. The lowest BCUT2D eigenvalue weighted by molar-refractivity contribution is -0.120. The van der Waals surface area contributed by atoms with E-state index in [1.165, 1.54) is 26.5 Å². The Bertz CT molecular complexity index is 1190. The van der Waals surface area contributed by atoms with Gasteiger partial charge in [-0.15, -0.1) is 0 Å². The van der Waals surface area contributed by atoms with Crippen molar-refractivity contribution >= 4 is 18.0 Å². The number of rotatable bonds is 10. The fraction of sp³-hybridized carbons (Fsp3) is 0.217. The molecule has 0 spiro atoms. The third kappa shape index (κ3) is 5.63. The second kappa shape index (κ2) is 11.4. The summed E-state index contributed by atoms with van der Waals surface area (Å²) in [5, 5.41) is 13.4. The number of aromatic nitrogens is 2. The van der Waals surface area contributed by atoms with Crippen molar-refractivity contribution < 1.29 is 28.5 Å². The number of carbonyl (C=O) groups is 2. The Morgan fingerprint density at radius 1 is 0.941 bits per heavy atom. The van der Waals surface area contributed by atoms with Gasteiger partial charge in [-0.3, -0.25) is 14.7 Å². The number of nitrogens with one attached hydrogen (secondary N) is 3. The molecule has 1 aromatic heterocycles. The zero-order valence-electron chi connectivity index (χ0n) is 19.2. The molecule has 0 bridgehead atoms. The Hall–Kier alpha value is -4.54. The highest BCUT2D eigenvalue weighted by Crippen LogP contribution is 2.32. The second-order valence-electron chi connectivity index (χ2n) is 6.82. The van der Waals surface area contributed by atoms with E-state index in [0.29, 0.717) is 39.8 Å². The number of amides is 2. The SMILES string of the molecule is COc1ccc(C(=O)NCC(=O)NN=Cc2cn[nH]c2-c2ccc(OC)c(OC)c2)cc1OC. The molecule has 3 N–H and O–H groups in total. The smallest absolute Gasteiger partial charge is 0.259 e. The Morgan fingerprint density at radius 2 is 1.59 bits per heavy atom. The van der Waals surface area contributed by atoms with Gasteiger partial charge >= 0.3 is 0 Å². The van der Waals surface area contributed by atoms with Crippen molar-refractivity contribution in [3.63, 3.8) is 0 Å². The fourth-order valence-electron chi connectivity index (χ4n) is 3.07. The molecule has 11 heteroatoms. The lowest BCUT2D eigenvalue weighted by atomic mass is 10.1. The molecule has 2 aromatic carbocycles. The van der Waals surface area contributed by atoms with Crippen LogP contribution >= 0.6 is 0 Å². The van der Waals surface area contributed by atoms with Gasteiger partial charge in [0.05, 0.1) is 53.1 Å². The summed E-state index contributed by atoms with van der Waals surface area (Å²) >= 11 is 0. The molecule has 0 saturated carbocycles. The van der Waals surface area contributed by atoms with Gasteiger partial charge in [0.25, 0.3) is 11.8 Å². The first-order chi connectivity index (χ1) is 16.5. The number of aromatic amines is 1. The van der Waals surface area contributed by atoms with Crippen molar-refractivity contribution in [1.82, 2.24) is 20.9 Å². The van der Waals surface area contributed by atoms with Crippen molar-refractivity contribution in [2.24, 2.45) is 5.10 Å². The molecule has 3 aromatic rings. The first-order valence-electron chi connectivity index (χ1n) is 10.1. The number of H-pyrrole nitrogens is 1. The van der Waals surface area contributed by atoms with E-state index in [0.717, 1.165) is 5.56 Å². The molecule has 34 heavy (non-hydrogen) atoms. The summed E-state index contributed by atoms with van der Waals surface area (Å²) in [5.41, 5.74) is 4.82. The van der Waals surface area contributed by atoms with Crippen LogP contribution in [0.5, 0.6) is 23.0 Å². The summed E-state index contributed by atoms with van der Waals surface area (Å²) in [7, 11) is 6.09. The molecule has 0 saturated heterocycles. The zero-order valence-corrected chi connectivity index (χ0v) is 19.2. The van der Waals surface area contributed by atoms with E-state index in [9.17, 15) is 9.59 Å². The van der Waals surface area contributed by atoms with Crippen molar-refractivity contribution in [3.05, 3.63) is 53.7 Å². The molecule has 3 rings (SSSR count). The maximum atomic E-state index is 12.3. The minimum absolute atomic E-state index is 0.265. The van der Waals surface area contributed by atoms with E-state index in [4.69, 9.17) is 18.9 Å². The number of benzene rings is 2. The molecule has 0 aliphatic carbocycles. The van der Waals surface area contributed by atoms with Crippen LogP contribution in [-0.4, -0.2) is 63.2 Å². The van der Waals surface area contributed by atoms with Gasteiger partial charge in [0.2, 0.25) is 0 Å². The quantitative estimate of drug-likeness (QED) is 0.306. The Balaban J connectivity index is 1.58. The van der Waals surface area contributed by atoms with Gasteiger partial charge in [0, 0.05) is 16.7 Å². The first-order valence-corrected chi connectivity index (χ1v) is 10.1. The molecule has 0 atom stereocenters. The number of hydrazone groups is 1. The highest BCUT2D eigenvalue weighted by atomic mass is 16.5. The Labute approximate surface area is 196 Å². The van der Waals surface area contributed by atoms with E-state index >= 15 is 0 Å². The van der Waals surface area contributed by atoms with Crippen LogP contribution in [0.1, 0.15) is 15.9 Å². The van der Waals surface area contributed by atoms with E-state index in [2.05, 4.69) is 26.0 Å². The van der Waals surface area contributed by atoms with E-state index in [-0.39, 0.29) is 6.54 Å². The second-order valence-corrected chi connectivity index (χ2v) is 6.82. The number of hydrogen-bond donors (Lipinski definition) is 3. The molecule has 0 aliphatic rings. The van der Waals surface area contributed by atoms with Crippen LogP contribution < -0.4 is 29.7 Å². The molecular formula is C23H25N5O6. The molecule has 0 fully saturated rings. The minimum atomic E-state index is -0.499. The number of hydrogen-bond acceptors (Lipinski definition) is 8. The van der Waals surface area contributed by atoms with Crippen LogP contribution in [0.3, 0.4) is 0 Å². The van der Waals surface area contributed by atoms with Gasteiger partial charge in [-0.05, 0) is 36.4 Å². The highest BCUT2D eigenvalue weighted by Gasteiger charge is 2.13. The predicted octanol–water partition coefficient (Wildman–Crippen LogP) is 1.99. The first kappa shape index (κ1) is 24.1. The largest absolute Gasteiger partial charge is 0.493 e. The van der Waals surface area contributed by atoms with E-state index in [1.54, 1.807) is 44.7 Å². The Kier molecular flexibility index (Phi) is 8.06. The van der Waals surface area contributed by atoms with Crippen molar-refractivity contribution in [3.8, 4) is 34.3 Å². The molecule has 0 aliphatic heterocycles. The fourth-order valence-corrected chi connectivity index (χ4v) is 3.07.